The maximum Gasteiger partial charge on any atom is 0.122 e. The van der Waals surface area contributed by atoms with Crippen molar-refractivity contribution in [1.82, 2.24) is 5.32 Å². The first-order chi connectivity index (χ1) is 10.7. The molecule has 0 saturated carbocycles. The standard InChI is InChI=1S/C18H20BrNO2/c1-21-13-8-12(9-14(10-13)22-2)11-20-18-7-6-15-16(18)4-3-5-17(15)19/h3-5,8-10,18,20H,6-7,11H2,1-2H3. The lowest BCUT2D eigenvalue weighted by Crippen LogP contribution is -2.18. The molecule has 3 nitrogen and oxygen atoms in total. The molecule has 22 heavy (non-hydrogen) atoms. The number of ether oxygens (including phenoxy) is 2. The lowest BCUT2D eigenvalue weighted by molar-refractivity contribution is 0.392. The topological polar surface area (TPSA) is 30.5 Å². The van der Waals surface area contributed by atoms with Gasteiger partial charge in [0, 0.05) is 23.1 Å². The molecule has 0 aliphatic heterocycles. The van der Waals surface area contributed by atoms with E-state index in [-0.39, 0.29) is 0 Å². The van der Waals surface area contributed by atoms with Crippen LogP contribution in [0.25, 0.3) is 0 Å². The van der Waals surface area contributed by atoms with Crippen LogP contribution in [0.5, 0.6) is 11.5 Å². The highest BCUT2D eigenvalue weighted by molar-refractivity contribution is 9.10. The lowest BCUT2D eigenvalue weighted by Gasteiger charge is -2.15. The molecule has 1 aliphatic rings. The van der Waals surface area contributed by atoms with Crippen molar-refractivity contribution in [1.29, 1.82) is 0 Å². The summed E-state index contributed by atoms with van der Waals surface area (Å²) in [6.07, 6.45) is 2.26. The Morgan fingerprint density at radius 2 is 1.86 bits per heavy atom. The van der Waals surface area contributed by atoms with E-state index in [2.05, 4.69) is 39.4 Å². The highest BCUT2D eigenvalue weighted by atomic mass is 79.9. The molecule has 1 N–H and O–H groups in total. The van der Waals surface area contributed by atoms with E-state index in [1.165, 1.54) is 21.2 Å². The minimum absolute atomic E-state index is 0.407. The summed E-state index contributed by atoms with van der Waals surface area (Å²) >= 11 is 3.65. The Labute approximate surface area is 139 Å². The third-order valence-corrected chi connectivity index (χ3v) is 4.92. The van der Waals surface area contributed by atoms with Gasteiger partial charge in [-0.2, -0.15) is 0 Å². The third-order valence-electron chi connectivity index (χ3n) is 4.18. The van der Waals surface area contributed by atoms with Crippen molar-refractivity contribution < 1.29 is 9.47 Å². The molecule has 4 heteroatoms. The van der Waals surface area contributed by atoms with Gasteiger partial charge in [0.25, 0.3) is 0 Å². The summed E-state index contributed by atoms with van der Waals surface area (Å²) in [4.78, 5) is 0. The molecular formula is C18H20BrNO2. The van der Waals surface area contributed by atoms with Crippen molar-refractivity contribution in [2.75, 3.05) is 14.2 Å². The molecular weight excluding hydrogens is 342 g/mol. The molecule has 2 aromatic carbocycles. The Hall–Kier alpha value is -1.52. The second-order valence-electron chi connectivity index (χ2n) is 5.50. The first-order valence-electron chi connectivity index (χ1n) is 7.44. The smallest absolute Gasteiger partial charge is 0.122 e. The Balaban J connectivity index is 1.73. The van der Waals surface area contributed by atoms with Crippen molar-refractivity contribution in [2.24, 2.45) is 0 Å². The summed E-state index contributed by atoms with van der Waals surface area (Å²) in [7, 11) is 3.35. The van der Waals surface area contributed by atoms with Gasteiger partial charge in [0.15, 0.2) is 0 Å². The van der Waals surface area contributed by atoms with Gasteiger partial charge in [-0.1, -0.05) is 28.1 Å². The molecule has 2 aromatic rings. The number of nitrogens with one attached hydrogen (secondary N) is 1. The number of rotatable bonds is 5. The highest BCUT2D eigenvalue weighted by Crippen LogP contribution is 2.35. The second-order valence-corrected chi connectivity index (χ2v) is 6.36. The first-order valence-corrected chi connectivity index (χ1v) is 8.23. The zero-order chi connectivity index (χ0) is 15.5. The van der Waals surface area contributed by atoms with Crippen LogP contribution in [0.1, 0.15) is 29.2 Å². The maximum absolute atomic E-state index is 5.33. The molecule has 0 amide bonds. The Morgan fingerprint density at radius 1 is 1.14 bits per heavy atom. The molecule has 116 valence electrons. The number of hydrogen-bond acceptors (Lipinski definition) is 3. The van der Waals surface area contributed by atoms with Crippen LogP contribution in [0, 0.1) is 0 Å². The SMILES string of the molecule is COc1cc(CNC2CCc3c(Br)cccc32)cc(OC)c1. The molecule has 0 saturated heterocycles. The average Bonchev–Trinajstić information content (AvgIpc) is 2.97. The van der Waals surface area contributed by atoms with Crippen molar-refractivity contribution in [3.8, 4) is 11.5 Å². The molecule has 0 bridgehead atoms. The maximum atomic E-state index is 5.33. The van der Waals surface area contributed by atoms with Gasteiger partial charge in [0.1, 0.15) is 11.5 Å². The highest BCUT2D eigenvalue weighted by Gasteiger charge is 2.23. The number of halogens is 1. The van der Waals surface area contributed by atoms with E-state index in [0.717, 1.165) is 30.9 Å². The molecule has 0 fully saturated rings. The van der Waals surface area contributed by atoms with Crippen LogP contribution in [-0.4, -0.2) is 14.2 Å². The first kappa shape index (κ1) is 15.4. The summed E-state index contributed by atoms with van der Waals surface area (Å²) in [5.74, 6) is 1.65. The van der Waals surface area contributed by atoms with Crippen LogP contribution in [0.15, 0.2) is 40.9 Å². The summed E-state index contributed by atoms with van der Waals surface area (Å²) in [5, 5.41) is 3.65. The molecule has 0 radical (unpaired) electrons. The molecule has 1 aliphatic carbocycles. The van der Waals surface area contributed by atoms with E-state index >= 15 is 0 Å². The van der Waals surface area contributed by atoms with Crippen molar-refractivity contribution in [2.45, 2.75) is 25.4 Å². The molecule has 0 heterocycles. The average molecular weight is 362 g/mol. The number of benzene rings is 2. The lowest BCUT2D eigenvalue weighted by atomic mass is 10.1. The fourth-order valence-electron chi connectivity index (χ4n) is 3.03. The van der Waals surface area contributed by atoms with Gasteiger partial charge in [0.05, 0.1) is 14.2 Å². The van der Waals surface area contributed by atoms with E-state index in [0.29, 0.717) is 6.04 Å². The molecule has 0 aromatic heterocycles. The van der Waals surface area contributed by atoms with Gasteiger partial charge in [0.2, 0.25) is 0 Å². The van der Waals surface area contributed by atoms with Crippen molar-refractivity contribution >= 4 is 15.9 Å². The predicted octanol–water partition coefficient (Wildman–Crippen LogP) is 4.24. The minimum atomic E-state index is 0.407. The summed E-state index contributed by atoms with van der Waals surface area (Å²) in [6.45, 7) is 0.796. The molecule has 1 atom stereocenters. The Bertz CT molecular complexity index is 650. The summed E-state index contributed by atoms with van der Waals surface area (Å²) in [6, 6.07) is 12.8. The van der Waals surface area contributed by atoms with Gasteiger partial charge in [-0.3, -0.25) is 0 Å². The predicted molar refractivity (Wildman–Crippen MR) is 91.6 cm³/mol. The van der Waals surface area contributed by atoms with Crippen LogP contribution >= 0.6 is 15.9 Å². The van der Waals surface area contributed by atoms with Gasteiger partial charge in [-0.25, -0.2) is 0 Å². The van der Waals surface area contributed by atoms with Crippen LogP contribution in [0.2, 0.25) is 0 Å². The van der Waals surface area contributed by atoms with E-state index in [1.807, 2.05) is 18.2 Å². The monoisotopic (exact) mass is 361 g/mol. The van der Waals surface area contributed by atoms with Crippen LogP contribution in [0.4, 0.5) is 0 Å². The fourth-order valence-corrected chi connectivity index (χ4v) is 3.61. The van der Waals surface area contributed by atoms with Gasteiger partial charge < -0.3 is 14.8 Å². The van der Waals surface area contributed by atoms with E-state index in [4.69, 9.17) is 9.47 Å². The largest absolute Gasteiger partial charge is 0.497 e. The van der Waals surface area contributed by atoms with Gasteiger partial charge in [-0.15, -0.1) is 0 Å². The fraction of sp³-hybridized carbons (Fsp3) is 0.333. The second kappa shape index (κ2) is 6.71. The van der Waals surface area contributed by atoms with E-state index < -0.39 is 0 Å². The number of methoxy groups -OCH3 is 2. The molecule has 1 unspecified atom stereocenters. The Kier molecular flexibility index (Phi) is 4.69. The minimum Gasteiger partial charge on any atom is -0.497 e. The number of fused-ring (bicyclic) bond motifs is 1. The van der Waals surface area contributed by atoms with Crippen molar-refractivity contribution in [3.05, 3.63) is 57.6 Å². The van der Waals surface area contributed by atoms with Crippen LogP contribution < -0.4 is 14.8 Å². The third kappa shape index (κ3) is 3.13. The quantitative estimate of drug-likeness (QED) is 0.863. The van der Waals surface area contributed by atoms with Crippen molar-refractivity contribution in [3.63, 3.8) is 0 Å². The van der Waals surface area contributed by atoms with Crippen LogP contribution in [0.3, 0.4) is 0 Å². The summed E-state index contributed by atoms with van der Waals surface area (Å²) in [5.41, 5.74) is 4.01. The zero-order valence-corrected chi connectivity index (χ0v) is 14.4. The van der Waals surface area contributed by atoms with Gasteiger partial charge >= 0.3 is 0 Å². The number of hydrogen-bond donors (Lipinski definition) is 1. The zero-order valence-electron chi connectivity index (χ0n) is 12.9. The van der Waals surface area contributed by atoms with Gasteiger partial charge in [-0.05, 0) is 47.7 Å². The summed E-state index contributed by atoms with van der Waals surface area (Å²) < 4.78 is 11.9. The van der Waals surface area contributed by atoms with E-state index in [1.54, 1.807) is 14.2 Å². The Morgan fingerprint density at radius 3 is 2.55 bits per heavy atom. The normalized spacial score (nSPS) is 16.4. The van der Waals surface area contributed by atoms with E-state index in [9.17, 15) is 0 Å². The molecule has 0 spiro atoms. The molecule has 3 rings (SSSR count). The van der Waals surface area contributed by atoms with Crippen LogP contribution in [-0.2, 0) is 13.0 Å².